The van der Waals surface area contributed by atoms with Crippen LogP contribution in [0.4, 0.5) is 16.2 Å². The van der Waals surface area contributed by atoms with Gasteiger partial charge in [-0.3, -0.25) is 10.2 Å². The molecular formula is C27H34N8O3. The van der Waals surface area contributed by atoms with Gasteiger partial charge in [0.2, 0.25) is 0 Å². The van der Waals surface area contributed by atoms with E-state index >= 15 is 0 Å². The van der Waals surface area contributed by atoms with E-state index in [4.69, 9.17) is 9.47 Å². The molecule has 0 aliphatic heterocycles. The van der Waals surface area contributed by atoms with E-state index in [9.17, 15) is 4.79 Å². The fourth-order valence-electron chi connectivity index (χ4n) is 3.62. The van der Waals surface area contributed by atoms with Gasteiger partial charge in [-0.2, -0.15) is 10.2 Å². The van der Waals surface area contributed by atoms with Gasteiger partial charge in [0.25, 0.3) is 0 Å². The topological polar surface area (TPSA) is 123 Å². The number of anilines is 2. The number of likely N-dealkylation sites (N-methyl/N-ethyl adjacent to an activating group) is 2. The van der Waals surface area contributed by atoms with Crippen LogP contribution in [0.25, 0.3) is 22.3 Å². The van der Waals surface area contributed by atoms with E-state index in [0.29, 0.717) is 36.1 Å². The third kappa shape index (κ3) is 7.34. The number of aromatic amines is 2. The van der Waals surface area contributed by atoms with Crippen LogP contribution in [0.15, 0.2) is 61.2 Å². The molecule has 11 nitrogen and oxygen atoms in total. The molecule has 4 aromatic rings. The number of nitrogens with zero attached hydrogens (tertiary/aromatic N) is 4. The van der Waals surface area contributed by atoms with Crippen molar-refractivity contribution in [2.75, 3.05) is 65.1 Å². The van der Waals surface area contributed by atoms with Crippen LogP contribution in [0.3, 0.4) is 0 Å². The molecule has 0 aliphatic rings. The first kappa shape index (κ1) is 26.7. The van der Waals surface area contributed by atoms with Crippen molar-refractivity contribution in [3.8, 4) is 33.8 Å². The number of aromatic nitrogens is 4. The predicted molar refractivity (Wildman–Crippen MR) is 149 cm³/mol. The zero-order valence-electron chi connectivity index (χ0n) is 22.1. The molecule has 0 bridgehead atoms. The lowest BCUT2D eigenvalue weighted by Gasteiger charge is -2.18. The molecule has 0 fully saturated rings. The molecule has 0 saturated carbocycles. The molecule has 0 atom stereocenters. The average molecular weight is 519 g/mol. The third-order valence-corrected chi connectivity index (χ3v) is 5.71. The molecule has 0 radical (unpaired) electrons. The lowest BCUT2D eigenvalue weighted by molar-refractivity contribution is 0.257. The summed E-state index contributed by atoms with van der Waals surface area (Å²) in [7, 11) is 7.92. The van der Waals surface area contributed by atoms with Gasteiger partial charge >= 0.3 is 6.03 Å². The number of ether oxygens (including phenoxy) is 2. The molecular weight excluding hydrogens is 484 g/mol. The average Bonchev–Trinajstić information content (AvgIpc) is 3.60. The van der Waals surface area contributed by atoms with E-state index in [1.165, 1.54) is 0 Å². The third-order valence-electron chi connectivity index (χ3n) is 5.71. The Morgan fingerprint density at radius 1 is 0.737 bits per heavy atom. The highest BCUT2D eigenvalue weighted by Crippen LogP contribution is 2.33. The standard InChI is InChI=1S/C27H34N8O3/c1-34(2)9-11-37-25-13-19(21-15-28-29-16-21)5-7-23(25)32-27(36)33-24-8-6-20(22-17-30-31-18-22)14-26(24)38-12-10-35(3)4/h5-8,13-18H,9-12H2,1-4H3,(H,28,29)(H,30,31)(H2,32,33,36). The Balaban J connectivity index is 1.52. The minimum Gasteiger partial charge on any atom is -0.490 e. The Morgan fingerprint density at radius 2 is 1.18 bits per heavy atom. The first-order valence-corrected chi connectivity index (χ1v) is 12.3. The fraction of sp³-hybridized carbons (Fsp3) is 0.296. The van der Waals surface area contributed by atoms with Gasteiger partial charge in [0.15, 0.2) is 0 Å². The summed E-state index contributed by atoms with van der Waals surface area (Å²) in [6.07, 6.45) is 7.10. The van der Waals surface area contributed by atoms with Gasteiger partial charge in [-0.05, 0) is 63.6 Å². The summed E-state index contributed by atoms with van der Waals surface area (Å²) in [5.74, 6) is 1.14. The van der Waals surface area contributed by atoms with Gasteiger partial charge in [-0.25, -0.2) is 4.79 Å². The number of urea groups is 1. The van der Waals surface area contributed by atoms with Gasteiger partial charge in [0.1, 0.15) is 24.7 Å². The van der Waals surface area contributed by atoms with Crippen LogP contribution < -0.4 is 20.1 Å². The Labute approximate surface area is 222 Å². The maximum atomic E-state index is 13.1. The summed E-state index contributed by atoms with van der Waals surface area (Å²) in [4.78, 5) is 17.2. The summed E-state index contributed by atoms with van der Waals surface area (Å²) < 4.78 is 12.1. The highest BCUT2D eigenvalue weighted by Gasteiger charge is 2.14. The number of amides is 2. The zero-order valence-corrected chi connectivity index (χ0v) is 22.1. The van der Waals surface area contributed by atoms with Gasteiger partial charge in [-0.1, -0.05) is 12.1 Å². The molecule has 4 rings (SSSR count). The number of nitrogens with one attached hydrogen (secondary N) is 4. The van der Waals surface area contributed by atoms with Crippen molar-refractivity contribution in [2.24, 2.45) is 0 Å². The number of rotatable bonds is 12. The SMILES string of the molecule is CN(C)CCOc1cc(-c2cn[nH]c2)ccc1NC(=O)Nc1ccc(-c2cn[nH]c2)cc1OCCN(C)C. The van der Waals surface area contributed by atoms with Crippen molar-refractivity contribution in [1.29, 1.82) is 0 Å². The van der Waals surface area contributed by atoms with Crippen molar-refractivity contribution < 1.29 is 14.3 Å². The van der Waals surface area contributed by atoms with Gasteiger partial charge in [0.05, 0.1) is 23.8 Å². The van der Waals surface area contributed by atoms with Gasteiger partial charge in [-0.15, -0.1) is 0 Å². The quantitative estimate of drug-likeness (QED) is 0.224. The second kappa shape index (κ2) is 12.7. The number of hydrogen-bond donors (Lipinski definition) is 4. The first-order chi connectivity index (χ1) is 18.4. The van der Waals surface area contributed by atoms with Crippen molar-refractivity contribution in [2.45, 2.75) is 0 Å². The van der Waals surface area contributed by atoms with Crippen molar-refractivity contribution in [3.05, 3.63) is 61.2 Å². The largest absolute Gasteiger partial charge is 0.490 e. The van der Waals surface area contributed by atoms with Crippen LogP contribution in [-0.4, -0.2) is 90.7 Å². The van der Waals surface area contributed by atoms with Crippen molar-refractivity contribution >= 4 is 17.4 Å². The van der Waals surface area contributed by atoms with Crippen molar-refractivity contribution in [3.63, 3.8) is 0 Å². The van der Waals surface area contributed by atoms with Crippen LogP contribution in [0, 0.1) is 0 Å². The number of carbonyl (C=O) groups is 1. The molecule has 200 valence electrons. The van der Waals surface area contributed by atoms with Gasteiger partial charge < -0.3 is 29.9 Å². The van der Waals surface area contributed by atoms with Crippen molar-refractivity contribution in [1.82, 2.24) is 30.2 Å². The maximum absolute atomic E-state index is 13.1. The molecule has 2 aromatic heterocycles. The molecule has 11 heteroatoms. The molecule has 2 heterocycles. The van der Waals surface area contributed by atoms with Crippen LogP contribution in [-0.2, 0) is 0 Å². The summed E-state index contributed by atoms with van der Waals surface area (Å²) >= 11 is 0. The molecule has 0 spiro atoms. The second-order valence-electron chi connectivity index (χ2n) is 9.28. The summed E-state index contributed by atoms with van der Waals surface area (Å²) in [5, 5.41) is 19.5. The van der Waals surface area contributed by atoms with E-state index in [1.807, 2.05) is 86.8 Å². The zero-order chi connectivity index (χ0) is 26.9. The number of hydrogen-bond acceptors (Lipinski definition) is 7. The highest BCUT2D eigenvalue weighted by molar-refractivity contribution is 6.02. The fourth-order valence-corrected chi connectivity index (χ4v) is 3.62. The lowest BCUT2D eigenvalue weighted by Crippen LogP contribution is -2.23. The summed E-state index contributed by atoms with van der Waals surface area (Å²) in [6, 6.07) is 10.8. The summed E-state index contributed by atoms with van der Waals surface area (Å²) in [6.45, 7) is 2.41. The number of benzene rings is 2. The molecule has 0 unspecified atom stereocenters. The smallest absolute Gasteiger partial charge is 0.323 e. The Kier molecular flexibility index (Phi) is 8.96. The number of H-pyrrole nitrogens is 2. The Bertz CT molecular complexity index is 1200. The monoisotopic (exact) mass is 518 g/mol. The van der Waals surface area contributed by atoms with Crippen LogP contribution in [0.5, 0.6) is 11.5 Å². The normalized spacial score (nSPS) is 11.1. The van der Waals surface area contributed by atoms with Gasteiger partial charge in [0, 0.05) is 36.6 Å². The van der Waals surface area contributed by atoms with Crippen LogP contribution in [0.2, 0.25) is 0 Å². The highest BCUT2D eigenvalue weighted by atomic mass is 16.5. The molecule has 38 heavy (non-hydrogen) atoms. The van der Waals surface area contributed by atoms with E-state index < -0.39 is 6.03 Å². The molecule has 0 saturated heterocycles. The van der Waals surface area contributed by atoms with Crippen LogP contribution >= 0.6 is 0 Å². The number of carbonyl (C=O) groups excluding carboxylic acids is 1. The predicted octanol–water partition coefficient (Wildman–Crippen LogP) is 3.99. The lowest BCUT2D eigenvalue weighted by atomic mass is 10.1. The second-order valence-corrected chi connectivity index (χ2v) is 9.28. The molecule has 0 aliphatic carbocycles. The Hall–Kier alpha value is -4.35. The minimum absolute atomic E-state index is 0.410. The van der Waals surface area contributed by atoms with E-state index in [2.05, 4.69) is 31.0 Å². The molecule has 2 aromatic carbocycles. The van der Waals surface area contributed by atoms with E-state index in [1.54, 1.807) is 12.4 Å². The minimum atomic E-state index is -0.410. The molecule has 4 N–H and O–H groups in total. The Morgan fingerprint density at radius 3 is 1.55 bits per heavy atom. The van der Waals surface area contributed by atoms with E-state index in [0.717, 1.165) is 35.3 Å². The van der Waals surface area contributed by atoms with E-state index in [-0.39, 0.29) is 0 Å². The van der Waals surface area contributed by atoms with Crippen LogP contribution in [0.1, 0.15) is 0 Å². The maximum Gasteiger partial charge on any atom is 0.323 e. The summed E-state index contributed by atoms with van der Waals surface area (Å²) in [5.41, 5.74) is 4.82. The first-order valence-electron chi connectivity index (χ1n) is 12.3. The molecule has 2 amide bonds.